The Kier molecular flexibility index (Phi) is 6.48. The van der Waals surface area contributed by atoms with E-state index >= 15 is 0 Å². The van der Waals surface area contributed by atoms with E-state index < -0.39 is 23.2 Å². The molecule has 0 aliphatic rings. The van der Waals surface area contributed by atoms with Gasteiger partial charge in [-0.3, -0.25) is 9.59 Å². The first-order chi connectivity index (χ1) is 13.5. The number of likely N-dealkylation sites (N-methyl/N-ethyl adjacent to an activating group) is 1. The first-order valence-electron chi connectivity index (χ1n) is 8.47. The number of benzene rings is 1. The molecule has 5 nitrogen and oxygen atoms in total. The second kappa shape index (κ2) is 9.03. The van der Waals surface area contributed by atoms with Crippen LogP contribution in [0.1, 0.15) is 12.6 Å². The SMILES string of the molecule is CCN(CC(=O)Nc1c(F)cccc1F)C(=O)Cc1csc(-c2cccs2)n1. The number of thiophene rings is 1. The summed E-state index contributed by atoms with van der Waals surface area (Å²) in [5.41, 5.74) is 0.105. The van der Waals surface area contributed by atoms with Crippen LogP contribution in [0.4, 0.5) is 14.5 Å². The van der Waals surface area contributed by atoms with Crippen LogP contribution in [-0.2, 0) is 16.0 Å². The predicted molar refractivity (Wildman–Crippen MR) is 106 cm³/mol. The van der Waals surface area contributed by atoms with Crippen molar-refractivity contribution in [2.75, 3.05) is 18.4 Å². The van der Waals surface area contributed by atoms with Gasteiger partial charge < -0.3 is 10.2 Å². The number of carbonyl (C=O) groups excluding carboxylic acids is 2. The van der Waals surface area contributed by atoms with Gasteiger partial charge >= 0.3 is 0 Å². The second-order valence-electron chi connectivity index (χ2n) is 5.85. The number of para-hydroxylation sites is 1. The van der Waals surface area contributed by atoms with Crippen LogP contribution in [0.2, 0.25) is 0 Å². The molecule has 3 aromatic rings. The van der Waals surface area contributed by atoms with E-state index in [0.29, 0.717) is 5.69 Å². The van der Waals surface area contributed by atoms with E-state index in [9.17, 15) is 18.4 Å². The summed E-state index contributed by atoms with van der Waals surface area (Å²) in [6.45, 7) is 1.71. The number of carbonyl (C=O) groups is 2. The Labute approximate surface area is 168 Å². The molecule has 0 bridgehead atoms. The summed E-state index contributed by atoms with van der Waals surface area (Å²) in [7, 11) is 0. The number of nitrogens with zero attached hydrogens (tertiary/aromatic N) is 2. The normalized spacial score (nSPS) is 10.7. The van der Waals surface area contributed by atoms with Gasteiger partial charge in [-0.05, 0) is 30.5 Å². The molecule has 0 saturated heterocycles. The lowest BCUT2D eigenvalue weighted by molar-refractivity contribution is -0.133. The first-order valence-corrected chi connectivity index (χ1v) is 10.2. The van der Waals surface area contributed by atoms with Gasteiger partial charge in [-0.25, -0.2) is 13.8 Å². The molecule has 0 atom stereocenters. The zero-order chi connectivity index (χ0) is 20.1. The predicted octanol–water partition coefficient (Wildman–Crippen LogP) is 4.18. The van der Waals surface area contributed by atoms with Gasteiger partial charge in [-0.2, -0.15) is 0 Å². The Balaban J connectivity index is 1.61. The lowest BCUT2D eigenvalue weighted by Crippen LogP contribution is -2.39. The molecule has 0 radical (unpaired) electrons. The third kappa shape index (κ3) is 4.79. The van der Waals surface area contributed by atoms with E-state index in [2.05, 4.69) is 10.3 Å². The van der Waals surface area contributed by atoms with E-state index in [0.717, 1.165) is 22.0 Å². The molecule has 3 rings (SSSR count). The average molecular weight is 421 g/mol. The van der Waals surface area contributed by atoms with Crippen molar-refractivity contribution in [3.63, 3.8) is 0 Å². The first kappa shape index (κ1) is 20.1. The molecule has 0 spiro atoms. The number of aromatic nitrogens is 1. The van der Waals surface area contributed by atoms with Crippen molar-refractivity contribution in [3.05, 3.63) is 58.4 Å². The number of thiazole rings is 1. The lowest BCUT2D eigenvalue weighted by atomic mass is 10.2. The highest BCUT2D eigenvalue weighted by molar-refractivity contribution is 7.20. The molecule has 146 valence electrons. The monoisotopic (exact) mass is 421 g/mol. The Hall–Kier alpha value is -2.65. The standard InChI is InChI=1S/C19H17F2N3O2S2/c1-2-24(10-16(25)23-18-13(20)5-3-6-14(18)21)17(26)9-12-11-28-19(22-12)15-7-4-8-27-15/h3-8,11H,2,9-10H2,1H3,(H,23,25). The van der Waals surface area contributed by atoms with E-state index in [1.165, 1.54) is 22.3 Å². The van der Waals surface area contributed by atoms with Crippen molar-refractivity contribution in [3.8, 4) is 9.88 Å². The molecule has 1 N–H and O–H groups in total. The molecule has 0 fully saturated rings. The molecule has 2 amide bonds. The maximum atomic E-state index is 13.7. The number of hydrogen-bond acceptors (Lipinski definition) is 5. The van der Waals surface area contributed by atoms with Gasteiger partial charge in [-0.15, -0.1) is 22.7 Å². The van der Waals surface area contributed by atoms with Crippen LogP contribution >= 0.6 is 22.7 Å². The van der Waals surface area contributed by atoms with Crippen LogP contribution in [0.25, 0.3) is 9.88 Å². The third-order valence-electron chi connectivity index (χ3n) is 3.91. The zero-order valence-corrected chi connectivity index (χ0v) is 16.6. The van der Waals surface area contributed by atoms with E-state index in [-0.39, 0.29) is 25.4 Å². The van der Waals surface area contributed by atoms with Gasteiger partial charge in [0, 0.05) is 11.9 Å². The quantitative estimate of drug-likeness (QED) is 0.623. The van der Waals surface area contributed by atoms with Crippen molar-refractivity contribution in [2.45, 2.75) is 13.3 Å². The molecule has 2 aromatic heterocycles. The molecule has 9 heteroatoms. The van der Waals surface area contributed by atoms with Crippen molar-refractivity contribution < 1.29 is 18.4 Å². The highest BCUT2D eigenvalue weighted by Crippen LogP contribution is 2.28. The van der Waals surface area contributed by atoms with Gasteiger partial charge in [0.15, 0.2) is 0 Å². The molecule has 0 unspecified atom stereocenters. The zero-order valence-electron chi connectivity index (χ0n) is 14.9. The minimum Gasteiger partial charge on any atom is -0.333 e. The van der Waals surface area contributed by atoms with Crippen molar-refractivity contribution >= 4 is 40.2 Å². The number of amides is 2. The summed E-state index contributed by atoms with van der Waals surface area (Å²) in [5, 5.41) is 6.80. The minimum absolute atomic E-state index is 0.0526. The summed E-state index contributed by atoms with van der Waals surface area (Å²) in [5.74, 6) is -2.69. The van der Waals surface area contributed by atoms with Gasteiger partial charge in [-0.1, -0.05) is 12.1 Å². The molecule has 0 aliphatic carbocycles. The number of hydrogen-bond donors (Lipinski definition) is 1. The maximum absolute atomic E-state index is 13.7. The van der Waals surface area contributed by atoms with Crippen LogP contribution < -0.4 is 5.32 Å². The lowest BCUT2D eigenvalue weighted by Gasteiger charge is -2.20. The Bertz CT molecular complexity index is 953. The highest BCUT2D eigenvalue weighted by atomic mass is 32.1. The van der Waals surface area contributed by atoms with E-state index in [4.69, 9.17) is 0 Å². The largest absolute Gasteiger partial charge is 0.333 e. The van der Waals surface area contributed by atoms with Gasteiger partial charge in [0.05, 0.1) is 23.5 Å². The van der Waals surface area contributed by atoms with E-state index in [1.54, 1.807) is 18.3 Å². The Morgan fingerprint density at radius 1 is 1.14 bits per heavy atom. The second-order valence-corrected chi connectivity index (χ2v) is 7.66. The van der Waals surface area contributed by atoms with Crippen LogP contribution in [0.3, 0.4) is 0 Å². The molecule has 28 heavy (non-hydrogen) atoms. The summed E-state index contributed by atoms with van der Waals surface area (Å²) in [4.78, 5) is 31.5. The summed E-state index contributed by atoms with van der Waals surface area (Å²) in [6.07, 6.45) is 0.0526. The van der Waals surface area contributed by atoms with Gasteiger partial charge in [0.2, 0.25) is 11.8 Å². The molecule has 0 saturated carbocycles. The van der Waals surface area contributed by atoms with Crippen molar-refractivity contribution in [2.24, 2.45) is 0 Å². The van der Waals surface area contributed by atoms with E-state index in [1.807, 2.05) is 22.9 Å². The smallest absolute Gasteiger partial charge is 0.244 e. The molecule has 2 heterocycles. The highest BCUT2D eigenvalue weighted by Gasteiger charge is 2.19. The molecule has 0 aliphatic heterocycles. The minimum atomic E-state index is -0.869. The fourth-order valence-corrected chi connectivity index (χ4v) is 4.15. The fraction of sp³-hybridized carbons (Fsp3) is 0.211. The van der Waals surface area contributed by atoms with Crippen LogP contribution in [-0.4, -0.2) is 34.8 Å². The average Bonchev–Trinajstić information content (AvgIpc) is 3.34. The van der Waals surface area contributed by atoms with Gasteiger partial charge in [0.1, 0.15) is 22.3 Å². The fourth-order valence-electron chi connectivity index (χ4n) is 2.51. The number of rotatable bonds is 7. The summed E-state index contributed by atoms with van der Waals surface area (Å²) >= 11 is 3.02. The number of anilines is 1. The number of halogens is 2. The molecular formula is C19H17F2N3O2S2. The summed E-state index contributed by atoms with van der Waals surface area (Å²) < 4.78 is 27.3. The number of nitrogens with one attached hydrogen (secondary N) is 1. The molecule has 1 aromatic carbocycles. The van der Waals surface area contributed by atoms with Crippen molar-refractivity contribution in [1.29, 1.82) is 0 Å². The Morgan fingerprint density at radius 2 is 1.89 bits per heavy atom. The Morgan fingerprint density at radius 3 is 2.54 bits per heavy atom. The van der Waals surface area contributed by atoms with Crippen LogP contribution in [0, 0.1) is 11.6 Å². The van der Waals surface area contributed by atoms with Crippen molar-refractivity contribution in [1.82, 2.24) is 9.88 Å². The third-order valence-corrected chi connectivity index (χ3v) is 5.84. The topological polar surface area (TPSA) is 62.3 Å². The van der Waals surface area contributed by atoms with Crippen LogP contribution in [0.5, 0.6) is 0 Å². The summed E-state index contributed by atoms with van der Waals surface area (Å²) in [6, 6.07) is 7.20. The van der Waals surface area contributed by atoms with Gasteiger partial charge in [0.25, 0.3) is 0 Å². The van der Waals surface area contributed by atoms with Crippen LogP contribution in [0.15, 0.2) is 41.1 Å². The molecular weight excluding hydrogens is 404 g/mol. The maximum Gasteiger partial charge on any atom is 0.244 e.